The number of rotatable bonds is 3. The molecule has 0 heterocycles. The molecule has 0 aromatic rings. The molecule has 0 aliphatic rings. The van der Waals surface area contributed by atoms with Gasteiger partial charge < -0.3 is 10.1 Å². The van der Waals surface area contributed by atoms with Gasteiger partial charge in [-0.25, -0.2) is 0 Å². The first-order valence-electron chi connectivity index (χ1n) is 4.64. The van der Waals surface area contributed by atoms with Gasteiger partial charge >= 0.3 is 0 Å². The average molecular weight is 209 g/mol. The molecule has 1 amide bonds. The summed E-state index contributed by atoms with van der Waals surface area (Å²) >= 11 is 0. The first-order valence-corrected chi connectivity index (χ1v) is 4.64. The molecule has 0 saturated carbocycles. The fourth-order valence-electron chi connectivity index (χ4n) is 0.649. The van der Waals surface area contributed by atoms with Crippen LogP contribution >= 0.6 is 0 Å². The molecule has 0 radical (unpaired) electrons. The molecule has 0 bridgehead atoms. The van der Waals surface area contributed by atoms with E-state index in [0.717, 1.165) is 5.70 Å². The summed E-state index contributed by atoms with van der Waals surface area (Å²) < 4.78 is 0. The van der Waals surface area contributed by atoms with E-state index in [-0.39, 0.29) is 11.7 Å². The van der Waals surface area contributed by atoms with E-state index in [4.69, 9.17) is 0 Å². The fraction of sp³-hybridized carbons (Fsp3) is 0.333. The molecule has 0 aliphatic heterocycles. The molecule has 3 nitrogen and oxygen atoms in total. The minimum absolute atomic E-state index is 0.0730. The Morgan fingerprint density at radius 3 is 1.93 bits per heavy atom. The third-order valence-electron chi connectivity index (χ3n) is 0.964. The van der Waals surface area contributed by atoms with Crippen molar-refractivity contribution in [2.75, 3.05) is 0 Å². The van der Waals surface area contributed by atoms with Crippen LogP contribution < -0.4 is 5.32 Å². The van der Waals surface area contributed by atoms with E-state index >= 15 is 0 Å². The van der Waals surface area contributed by atoms with Gasteiger partial charge in [-0.2, -0.15) is 0 Å². The molecule has 0 aromatic carbocycles. The summed E-state index contributed by atoms with van der Waals surface area (Å²) in [5.74, 6) is 0.0937. The van der Waals surface area contributed by atoms with Crippen molar-refractivity contribution in [3.63, 3.8) is 0 Å². The highest BCUT2D eigenvalue weighted by atomic mass is 16.1. The molecule has 15 heavy (non-hydrogen) atoms. The van der Waals surface area contributed by atoms with Crippen molar-refractivity contribution < 1.29 is 9.59 Å². The zero-order valence-electron chi connectivity index (χ0n) is 9.83. The van der Waals surface area contributed by atoms with Crippen LogP contribution in [-0.2, 0) is 9.59 Å². The number of amides is 1. The second-order valence-corrected chi connectivity index (χ2v) is 2.95. The Morgan fingerprint density at radius 2 is 1.67 bits per heavy atom. The monoisotopic (exact) mass is 209 g/mol. The number of carbonyl (C=O) groups is 2. The summed E-state index contributed by atoms with van der Waals surface area (Å²) in [5.41, 5.74) is 0.759. The van der Waals surface area contributed by atoms with Crippen LogP contribution in [0.2, 0.25) is 0 Å². The van der Waals surface area contributed by atoms with Crippen molar-refractivity contribution in [1.29, 1.82) is 0 Å². The van der Waals surface area contributed by atoms with Crippen molar-refractivity contribution in [3.8, 4) is 0 Å². The molecule has 0 fully saturated rings. The maximum atomic E-state index is 10.6. The number of ketones is 1. The van der Waals surface area contributed by atoms with Gasteiger partial charge in [-0.3, -0.25) is 4.79 Å². The van der Waals surface area contributed by atoms with Crippen LogP contribution in [0.15, 0.2) is 36.6 Å². The van der Waals surface area contributed by atoms with E-state index in [1.54, 1.807) is 12.2 Å². The Bertz CT molecular complexity index is 271. The van der Waals surface area contributed by atoms with E-state index in [1.165, 1.54) is 20.8 Å². The predicted molar refractivity (Wildman–Crippen MR) is 63.3 cm³/mol. The van der Waals surface area contributed by atoms with Crippen molar-refractivity contribution in [2.24, 2.45) is 0 Å². The second kappa shape index (κ2) is 10.4. The number of hydrogen-bond acceptors (Lipinski definition) is 2. The molecule has 0 atom stereocenters. The third-order valence-corrected chi connectivity index (χ3v) is 0.964. The largest absolute Gasteiger partial charge is 0.326 e. The summed E-state index contributed by atoms with van der Waals surface area (Å²) in [6.07, 6.45) is 7.03. The highest BCUT2D eigenvalue weighted by Crippen LogP contribution is 1.91. The lowest BCUT2D eigenvalue weighted by molar-refractivity contribution is -0.118. The van der Waals surface area contributed by atoms with Gasteiger partial charge in [0.05, 0.1) is 0 Å². The Hall–Kier alpha value is -1.64. The lowest BCUT2D eigenvalue weighted by atomic mass is 10.3. The molecule has 1 N–H and O–H groups in total. The van der Waals surface area contributed by atoms with Gasteiger partial charge in [-0.15, -0.1) is 0 Å². The first kappa shape index (κ1) is 15.8. The SMILES string of the molecule is C=C/C=C(\C=C/C)NC(C)=O.CC(C)=O. The summed E-state index contributed by atoms with van der Waals surface area (Å²) in [6, 6.07) is 0. The van der Waals surface area contributed by atoms with Crippen LogP contribution in [-0.4, -0.2) is 11.7 Å². The number of nitrogens with one attached hydrogen (secondary N) is 1. The summed E-state index contributed by atoms with van der Waals surface area (Å²) in [6.45, 7) is 9.94. The zero-order chi connectivity index (χ0) is 12.3. The van der Waals surface area contributed by atoms with E-state index < -0.39 is 0 Å². The van der Waals surface area contributed by atoms with Gasteiger partial charge in [-0.1, -0.05) is 18.7 Å². The maximum absolute atomic E-state index is 10.6. The standard InChI is InChI=1S/C9H13NO.C3H6O/c1-4-6-9(7-5-2)10-8(3)11;1-3(2)4/h4-7H,1H2,2-3H3,(H,10,11);1-2H3/b7-5-,9-6+;. The molecular weight excluding hydrogens is 190 g/mol. The molecule has 0 aromatic heterocycles. The minimum Gasteiger partial charge on any atom is -0.326 e. The maximum Gasteiger partial charge on any atom is 0.221 e. The smallest absolute Gasteiger partial charge is 0.221 e. The van der Waals surface area contributed by atoms with Crippen LogP contribution in [0.3, 0.4) is 0 Å². The Balaban J connectivity index is 0. The van der Waals surface area contributed by atoms with Crippen LogP contribution in [0.25, 0.3) is 0 Å². The van der Waals surface area contributed by atoms with Gasteiger partial charge in [0, 0.05) is 12.6 Å². The van der Waals surface area contributed by atoms with Crippen molar-refractivity contribution in [2.45, 2.75) is 27.7 Å². The Morgan fingerprint density at radius 1 is 1.20 bits per heavy atom. The van der Waals surface area contributed by atoms with Crippen LogP contribution in [0.5, 0.6) is 0 Å². The first-order chi connectivity index (χ1) is 6.93. The van der Waals surface area contributed by atoms with Gasteiger partial charge in [0.15, 0.2) is 0 Å². The molecule has 0 saturated heterocycles. The van der Waals surface area contributed by atoms with Crippen LogP contribution in [0.1, 0.15) is 27.7 Å². The molecule has 0 rings (SSSR count). The zero-order valence-corrected chi connectivity index (χ0v) is 9.83. The van der Waals surface area contributed by atoms with Crippen molar-refractivity contribution in [3.05, 3.63) is 36.6 Å². The van der Waals surface area contributed by atoms with Gasteiger partial charge in [0.1, 0.15) is 5.78 Å². The molecular formula is C12H19NO2. The lowest BCUT2D eigenvalue weighted by Crippen LogP contribution is -2.17. The molecule has 0 spiro atoms. The summed E-state index contributed by atoms with van der Waals surface area (Å²) in [5, 5.41) is 2.65. The molecule has 0 unspecified atom stereocenters. The molecule has 84 valence electrons. The van der Waals surface area contributed by atoms with Crippen molar-refractivity contribution in [1.82, 2.24) is 5.32 Å². The summed E-state index contributed by atoms with van der Waals surface area (Å²) in [4.78, 5) is 20.0. The van der Waals surface area contributed by atoms with E-state index in [9.17, 15) is 9.59 Å². The number of Topliss-reactive ketones (excluding diaryl/α,β-unsaturated/α-hetero) is 1. The van der Waals surface area contributed by atoms with E-state index in [2.05, 4.69) is 11.9 Å². The predicted octanol–water partition coefficient (Wildman–Crippen LogP) is 2.36. The number of hydrogen-bond donors (Lipinski definition) is 1. The normalized spacial score (nSPS) is 10.3. The van der Waals surface area contributed by atoms with Crippen LogP contribution in [0.4, 0.5) is 0 Å². The quantitative estimate of drug-likeness (QED) is 0.725. The highest BCUT2D eigenvalue weighted by molar-refractivity contribution is 5.75. The van der Waals surface area contributed by atoms with E-state index in [1.807, 2.05) is 19.1 Å². The van der Waals surface area contributed by atoms with Gasteiger partial charge in [0.25, 0.3) is 0 Å². The minimum atomic E-state index is -0.0730. The molecule has 3 heteroatoms. The number of allylic oxidation sites excluding steroid dienone is 4. The second-order valence-electron chi connectivity index (χ2n) is 2.95. The fourth-order valence-corrected chi connectivity index (χ4v) is 0.649. The van der Waals surface area contributed by atoms with Gasteiger partial charge in [0.2, 0.25) is 5.91 Å². The number of carbonyl (C=O) groups excluding carboxylic acids is 2. The summed E-state index contributed by atoms with van der Waals surface area (Å²) in [7, 11) is 0. The highest BCUT2D eigenvalue weighted by Gasteiger charge is 1.91. The Kier molecular flexibility index (Phi) is 11.0. The Labute approximate surface area is 91.6 Å². The van der Waals surface area contributed by atoms with Crippen LogP contribution in [0, 0.1) is 0 Å². The van der Waals surface area contributed by atoms with E-state index in [0.29, 0.717) is 0 Å². The van der Waals surface area contributed by atoms with Gasteiger partial charge in [-0.05, 0) is 32.9 Å². The average Bonchev–Trinajstić information content (AvgIpc) is 2.02. The molecule has 0 aliphatic carbocycles. The van der Waals surface area contributed by atoms with Crippen molar-refractivity contribution >= 4 is 11.7 Å². The lowest BCUT2D eigenvalue weighted by Gasteiger charge is -1.99. The third kappa shape index (κ3) is 19.0. The topological polar surface area (TPSA) is 46.2 Å².